The maximum absolute atomic E-state index is 11.2. The zero-order valence-corrected chi connectivity index (χ0v) is 11.0. The van der Waals surface area contributed by atoms with Gasteiger partial charge in [0.2, 0.25) is 0 Å². The van der Waals surface area contributed by atoms with Crippen molar-refractivity contribution in [3.63, 3.8) is 0 Å². The van der Waals surface area contributed by atoms with E-state index in [2.05, 4.69) is 23.6 Å². The monoisotopic (exact) mass is 240 g/mol. The summed E-state index contributed by atoms with van der Waals surface area (Å²) in [5.41, 5.74) is -0.105. The molecule has 2 heterocycles. The van der Waals surface area contributed by atoms with E-state index in [0.29, 0.717) is 12.5 Å². The minimum absolute atomic E-state index is 0.105. The summed E-state index contributed by atoms with van der Waals surface area (Å²) in [5, 5.41) is 9.25. The minimum atomic E-state index is -0.648. The van der Waals surface area contributed by atoms with Gasteiger partial charge in [-0.15, -0.1) is 0 Å². The number of nitrogens with zero attached hydrogens (tertiary/aromatic N) is 2. The second-order valence-corrected chi connectivity index (χ2v) is 5.29. The van der Waals surface area contributed by atoms with Gasteiger partial charge in [0.25, 0.3) is 0 Å². The molecule has 2 aliphatic rings. The molecular formula is C13H24N2O2. The van der Waals surface area contributed by atoms with E-state index in [0.717, 1.165) is 32.6 Å². The molecule has 2 atom stereocenters. The van der Waals surface area contributed by atoms with Crippen LogP contribution in [0.25, 0.3) is 0 Å². The normalized spacial score (nSPS) is 33.2. The Morgan fingerprint density at radius 1 is 1.41 bits per heavy atom. The lowest BCUT2D eigenvalue weighted by Gasteiger charge is -2.43. The largest absolute Gasteiger partial charge is 0.481 e. The van der Waals surface area contributed by atoms with Crippen molar-refractivity contribution in [2.45, 2.75) is 51.1 Å². The molecule has 2 aliphatic heterocycles. The highest BCUT2D eigenvalue weighted by atomic mass is 16.4. The van der Waals surface area contributed by atoms with Crippen LogP contribution in [0.1, 0.15) is 39.5 Å². The van der Waals surface area contributed by atoms with Gasteiger partial charge in [0, 0.05) is 18.1 Å². The van der Waals surface area contributed by atoms with Gasteiger partial charge in [-0.2, -0.15) is 0 Å². The van der Waals surface area contributed by atoms with Gasteiger partial charge in [-0.1, -0.05) is 13.8 Å². The predicted octanol–water partition coefficient (Wildman–Crippen LogP) is 1.41. The van der Waals surface area contributed by atoms with Crippen molar-refractivity contribution in [3.8, 4) is 0 Å². The van der Waals surface area contributed by atoms with E-state index in [1.165, 1.54) is 12.8 Å². The standard InChI is InChI=1S/C13H24N2O2/c1-3-15(4-2)13(10-12(16)17)7-9-14-8-5-6-11(13)14/h11H,3-10H2,1-2H3,(H,16,17). The number of rotatable bonds is 5. The Morgan fingerprint density at radius 3 is 2.71 bits per heavy atom. The topological polar surface area (TPSA) is 43.8 Å². The summed E-state index contributed by atoms with van der Waals surface area (Å²) < 4.78 is 0. The second kappa shape index (κ2) is 4.94. The van der Waals surface area contributed by atoms with E-state index >= 15 is 0 Å². The number of hydrogen-bond acceptors (Lipinski definition) is 3. The zero-order chi connectivity index (χ0) is 12.5. The predicted molar refractivity (Wildman–Crippen MR) is 67.1 cm³/mol. The first-order chi connectivity index (χ1) is 8.14. The van der Waals surface area contributed by atoms with Crippen LogP contribution >= 0.6 is 0 Å². The highest BCUT2D eigenvalue weighted by Crippen LogP contribution is 2.42. The van der Waals surface area contributed by atoms with Crippen LogP contribution in [0.15, 0.2) is 0 Å². The summed E-state index contributed by atoms with van der Waals surface area (Å²) in [6.45, 7) is 8.43. The summed E-state index contributed by atoms with van der Waals surface area (Å²) in [7, 11) is 0. The van der Waals surface area contributed by atoms with E-state index in [1.807, 2.05) is 0 Å². The molecule has 2 rings (SSSR count). The molecule has 0 aromatic rings. The molecule has 4 nitrogen and oxygen atoms in total. The molecule has 17 heavy (non-hydrogen) atoms. The molecule has 0 aromatic carbocycles. The molecule has 98 valence electrons. The zero-order valence-electron chi connectivity index (χ0n) is 11.0. The van der Waals surface area contributed by atoms with Crippen molar-refractivity contribution in [2.24, 2.45) is 0 Å². The maximum Gasteiger partial charge on any atom is 0.305 e. The van der Waals surface area contributed by atoms with E-state index in [9.17, 15) is 9.90 Å². The number of carbonyl (C=O) groups is 1. The third kappa shape index (κ3) is 2.08. The van der Waals surface area contributed by atoms with Gasteiger partial charge < -0.3 is 5.11 Å². The lowest BCUT2D eigenvalue weighted by molar-refractivity contribution is -0.141. The molecule has 1 N–H and O–H groups in total. The van der Waals surface area contributed by atoms with Crippen molar-refractivity contribution in [2.75, 3.05) is 26.2 Å². The average molecular weight is 240 g/mol. The average Bonchev–Trinajstić information content (AvgIpc) is 2.84. The van der Waals surface area contributed by atoms with Crippen LogP contribution in [0.5, 0.6) is 0 Å². The first-order valence-corrected chi connectivity index (χ1v) is 6.85. The Labute approximate surface area is 104 Å². The Balaban J connectivity index is 2.26. The van der Waals surface area contributed by atoms with Crippen LogP contribution < -0.4 is 0 Å². The van der Waals surface area contributed by atoms with Gasteiger partial charge >= 0.3 is 5.97 Å². The first-order valence-electron chi connectivity index (χ1n) is 6.85. The van der Waals surface area contributed by atoms with Crippen molar-refractivity contribution >= 4 is 5.97 Å². The van der Waals surface area contributed by atoms with Crippen LogP contribution in [0, 0.1) is 0 Å². The summed E-state index contributed by atoms with van der Waals surface area (Å²) in [5.74, 6) is -0.648. The maximum atomic E-state index is 11.2. The molecule has 0 amide bonds. The second-order valence-electron chi connectivity index (χ2n) is 5.29. The highest BCUT2D eigenvalue weighted by Gasteiger charge is 2.52. The fraction of sp³-hybridized carbons (Fsp3) is 0.923. The van der Waals surface area contributed by atoms with Crippen LogP contribution in [0.3, 0.4) is 0 Å². The minimum Gasteiger partial charge on any atom is -0.481 e. The Kier molecular flexibility index (Phi) is 3.73. The smallest absolute Gasteiger partial charge is 0.305 e. The number of aliphatic carboxylic acids is 1. The third-order valence-corrected chi connectivity index (χ3v) is 4.67. The molecule has 0 saturated carbocycles. The van der Waals surface area contributed by atoms with Crippen molar-refractivity contribution < 1.29 is 9.90 Å². The number of carboxylic acid groups (broad SMARTS) is 1. The van der Waals surface area contributed by atoms with Crippen molar-refractivity contribution in [3.05, 3.63) is 0 Å². The number of hydrogen-bond donors (Lipinski definition) is 1. The molecule has 2 unspecified atom stereocenters. The lowest BCUT2D eigenvalue weighted by atomic mass is 9.83. The molecule has 2 fully saturated rings. The molecule has 0 spiro atoms. The number of likely N-dealkylation sites (N-methyl/N-ethyl adjacent to an activating group) is 1. The molecule has 0 aromatic heterocycles. The Morgan fingerprint density at radius 2 is 2.12 bits per heavy atom. The van der Waals surface area contributed by atoms with E-state index in [1.54, 1.807) is 0 Å². The van der Waals surface area contributed by atoms with Crippen LogP contribution in [-0.4, -0.2) is 58.6 Å². The molecule has 0 aliphatic carbocycles. The number of fused-ring (bicyclic) bond motifs is 1. The van der Waals surface area contributed by atoms with E-state index < -0.39 is 5.97 Å². The Hall–Kier alpha value is -0.610. The summed E-state index contributed by atoms with van der Waals surface area (Å²) in [6.07, 6.45) is 3.72. The SMILES string of the molecule is CCN(CC)C1(CC(=O)O)CCN2CCCC21. The molecule has 0 radical (unpaired) electrons. The van der Waals surface area contributed by atoms with Gasteiger partial charge in [-0.3, -0.25) is 14.6 Å². The molecule has 4 heteroatoms. The first kappa shape index (κ1) is 12.8. The molecular weight excluding hydrogens is 216 g/mol. The third-order valence-electron chi connectivity index (χ3n) is 4.67. The van der Waals surface area contributed by atoms with Gasteiger partial charge in [0.1, 0.15) is 0 Å². The highest BCUT2D eigenvalue weighted by molar-refractivity contribution is 5.68. The van der Waals surface area contributed by atoms with Crippen molar-refractivity contribution in [1.29, 1.82) is 0 Å². The number of carboxylic acids is 1. The summed E-state index contributed by atoms with van der Waals surface area (Å²) in [4.78, 5) is 16.1. The Bertz CT molecular complexity index is 291. The quantitative estimate of drug-likeness (QED) is 0.789. The van der Waals surface area contributed by atoms with Crippen LogP contribution in [-0.2, 0) is 4.79 Å². The fourth-order valence-corrected chi connectivity index (χ4v) is 4.01. The van der Waals surface area contributed by atoms with Gasteiger partial charge in [-0.05, 0) is 38.9 Å². The fourth-order valence-electron chi connectivity index (χ4n) is 4.01. The van der Waals surface area contributed by atoms with Crippen molar-refractivity contribution in [1.82, 2.24) is 9.80 Å². The van der Waals surface area contributed by atoms with Gasteiger partial charge in [-0.25, -0.2) is 0 Å². The summed E-state index contributed by atoms with van der Waals surface area (Å²) >= 11 is 0. The van der Waals surface area contributed by atoms with E-state index in [4.69, 9.17) is 0 Å². The molecule has 2 saturated heterocycles. The van der Waals surface area contributed by atoms with Crippen LogP contribution in [0.2, 0.25) is 0 Å². The van der Waals surface area contributed by atoms with Gasteiger partial charge in [0.05, 0.1) is 6.42 Å². The molecule has 0 bridgehead atoms. The van der Waals surface area contributed by atoms with Gasteiger partial charge in [0.15, 0.2) is 0 Å². The van der Waals surface area contributed by atoms with E-state index in [-0.39, 0.29) is 5.54 Å². The van der Waals surface area contributed by atoms with Crippen LogP contribution in [0.4, 0.5) is 0 Å². The lowest BCUT2D eigenvalue weighted by Crippen LogP contribution is -2.56. The summed E-state index contributed by atoms with van der Waals surface area (Å²) in [6, 6.07) is 0.471.